The third-order valence-electron chi connectivity index (χ3n) is 3.04. The van der Waals surface area contributed by atoms with Crippen LogP contribution >= 0.6 is 15.9 Å². The SMILES string of the molecule is Nc1noc(-c2c(F)cccc2F)c1-c1ccc(Br)cc1. The Bertz CT molecular complexity index is 780. The molecule has 0 amide bonds. The second-order valence-electron chi connectivity index (χ2n) is 4.38. The van der Waals surface area contributed by atoms with Crippen LogP contribution in [0, 0.1) is 11.6 Å². The summed E-state index contributed by atoms with van der Waals surface area (Å²) in [4.78, 5) is 0. The Morgan fingerprint density at radius 1 is 0.952 bits per heavy atom. The lowest BCUT2D eigenvalue weighted by atomic mass is 10.0. The smallest absolute Gasteiger partial charge is 0.182 e. The van der Waals surface area contributed by atoms with Gasteiger partial charge in [0.25, 0.3) is 0 Å². The van der Waals surface area contributed by atoms with Crippen LogP contribution in [-0.2, 0) is 0 Å². The summed E-state index contributed by atoms with van der Waals surface area (Å²) in [5, 5.41) is 3.63. The van der Waals surface area contributed by atoms with Gasteiger partial charge in [-0.05, 0) is 29.8 Å². The molecule has 1 aromatic heterocycles. The summed E-state index contributed by atoms with van der Waals surface area (Å²) in [7, 11) is 0. The second-order valence-corrected chi connectivity index (χ2v) is 5.29. The first-order chi connectivity index (χ1) is 10.1. The van der Waals surface area contributed by atoms with Gasteiger partial charge in [-0.3, -0.25) is 0 Å². The van der Waals surface area contributed by atoms with E-state index in [2.05, 4.69) is 21.1 Å². The van der Waals surface area contributed by atoms with E-state index in [0.717, 1.165) is 16.6 Å². The van der Waals surface area contributed by atoms with Crippen LogP contribution in [0.3, 0.4) is 0 Å². The predicted octanol–water partition coefficient (Wildman–Crippen LogP) is 4.63. The van der Waals surface area contributed by atoms with Gasteiger partial charge in [0.1, 0.15) is 11.6 Å². The minimum absolute atomic E-state index is 0.0228. The number of rotatable bonds is 2. The van der Waals surface area contributed by atoms with E-state index in [1.54, 1.807) is 24.3 Å². The second kappa shape index (κ2) is 5.29. The molecule has 2 N–H and O–H groups in total. The van der Waals surface area contributed by atoms with Gasteiger partial charge in [0.05, 0.1) is 11.1 Å². The van der Waals surface area contributed by atoms with Gasteiger partial charge in [-0.2, -0.15) is 0 Å². The predicted molar refractivity (Wildman–Crippen MR) is 79.4 cm³/mol. The van der Waals surface area contributed by atoms with Crippen molar-refractivity contribution in [1.29, 1.82) is 0 Å². The third-order valence-corrected chi connectivity index (χ3v) is 3.57. The van der Waals surface area contributed by atoms with Crippen molar-refractivity contribution in [3.63, 3.8) is 0 Å². The van der Waals surface area contributed by atoms with Gasteiger partial charge in [-0.15, -0.1) is 0 Å². The molecule has 106 valence electrons. The van der Waals surface area contributed by atoms with E-state index in [4.69, 9.17) is 10.3 Å². The molecule has 0 saturated carbocycles. The van der Waals surface area contributed by atoms with Crippen LogP contribution in [0.2, 0.25) is 0 Å². The molecule has 3 nitrogen and oxygen atoms in total. The lowest BCUT2D eigenvalue weighted by Gasteiger charge is -2.05. The highest BCUT2D eigenvalue weighted by Gasteiger charge is 2.23. The molecule has 1 heterocycles. The van der Waals surface area contributed by atoms with E-state index >= 15 is 0 Å². The minimum Gasteiger partial charge on any atom is -0.380 e. The third kappa shape index (κ3) is 2.42. The monoisotopic (exact) mass is 350 g/mol. The van der Waals surface area contributed by atoms with Gasteiger partial charge in [0.15, 0.2) is 11.6 Å². The zero-order valence-corrected chi connectivity index (χ0v) is 12.2. The fraction of sp³-hybridized carbons (Fsp3) is 0. The summed E-state index contributed by atoms with van der Waals surface area (Å²) in [6.45, 7) is 0. The fourth-order valence-electron chi connectivity index (χ4n) is 2.08. The number of nitrogen functional groups attached to an aromatic ring is 1. The molecule has 0 bridgehead atoms. The van der Waals surface area contributed by atoms with Gasteiger partial charge < -0.3 is 10.3 Å². The Morgan fingerprint density at radius 2 is 1.57 bits per heavy atom. The fourth-order valence-corrected chi connectivity index (χ4v) is 2.35. The summed E-state index contributed by atoms with van der Waals surface area (Å²) < 4.78 is 33.8. The molecule has 0 unspecified atom stereocenters. The molecule has 3 rings (SSSR count). The maximum Gasteiger partial charge on any atom is 0.182 e. The van der Waals surface area contributed by atoms with E-state index in [0.29, 0.717) is 11.1 Å². The molecular formula is C15H9BrF2N2O. The molecule has 0 fully saturated rings. The van der Waals surface area contributed by atoms with Gasteiger partial charge in [-0.1, -0.05) is 39.3 Å². The lowest BCUT2D eigenvalue weighted by molar-refractivity contribution is 0.430. The van der Waals surface area contributed by atoms with Crippen molar-refractivity contribution in [3.8, 4) is 22.5 Å². The van der Waals surface area contributed by atoms with Crippen molar-refractivity contribution < 1.29 is 13.3 Å². The quantitative estimate of drug-likeness (QED) is 0.732. The number of anilines is 1. The number of aromatic nitrogens is 1. The first-order valence-corrected chi connectivity index (χ1v) is 6.82. The van der Waals surface area contributed by atoms with Crippen molar-refractivity contribution >= 4 is 21.7 Å². The van der Waals surface area contributed by atoms with Crippen molar-refractivity contribution in [2.24, 2.45) is 0 Å². The first-order valence-electron chi connectivity index (χ1n) is 6.03. The van der Waals surface area contributed by atoms with E-state index in [-0.39, 0.29) is 17.1 Å². The number of nitrogens with two attached hydrogens (primary N) is 1. The molecule has 0 aliphatic carbocycles. The van der Waals surface area contributed by atoms with Crippen molar-refractivity contribution in [2.75, 3.05) is 5.73 Å². The summed E-state index contributed by atoms with van der Waals surface area (Å²) in [5.41, 5.74) is 6.54. The Labute approximate surface area is 127 Å². The van der Waals surface area contributed by atoms with Crippen LogP contribution in [0.4, 0.5) is 14.6 Å². The van der Waals surface area contributed by atoms with Crippen LogP contribution in [0.1, 0.15) is 0 Å². The Balaban J connectivity index is 2.24. The van der Waals surface area contributed by atoms with Gasteiger partial charge in [0, 0.05) is 4.47 Å². The Morgan fingerprint density at radius 3 is 2.19 bits per heavy atom. The highest BCUT2D eigenvalue weighted by Crippen LogP contribution is 2.39. The maximum absolute atomic E-state index is 13.9. The molecular weight excluding hydrogens is 342 g/mol. The number of nitrogens with zero attached hydrogens (tertiary/aromatic N) is 1. The van der Waals surface area contributed by atoms with E-state index < -0.39 is 11.6 Å². The molecule has 0 radical (unpaired) electrons. The standard InChI is InChI=1S/C15H9BrF2N2O/c16-9-6-4-8(5-7-9)12-14(21-20-15(12)19)13-10(17)2-1-3-11(13)18/h1-7H,(H2,19,20). The van der Waals surface area contributed by atoms with E-state index in [1.807, 2.05) is 0 Å². The molecule has 0 aliphatic heterocycles. The van der Waals surface area contributed by atoms with Crippen LogP contribution in [0.25, 0.3) is 22.5 Å². The summed E-state index contributed by atoms with van der Waals surface area (Å²) in [5.74, 6) is -1.41. The molecule has 6 heteroatoms. The topological polar surface area (TPSA) is 52.0 Å². The lowest BCUT2D eigenvalue weighted by Crippen LogP contribution is -1.92. The van der Waals surface area contributed by atoms with E-state index in [1.165, 1.54) is 6.07 Å². The molecule has 21 heavy (non-hydrogen) atoms. The van der Waals surface area contributed by atoms with Gasteiger partial charge >= 0.3 is 0 Å². The van der Waals surface area contributed by atoms with Crippen LogP contribution in [0.15, 0.2) is 51.5 Å². The average molecular weight is 351 g/mol. The van der Waals surface area contributed by atoms with Crippen molar-refractivity contribution in [1.82, 2.24) is 5.16 Å². The highest BCUT2D eigenvalue weighted by atomic mass is 79.9. The van der Waals surface area contributed by atoms with Crippen molar-refractivity contribution in [3.05, 3.63) is 58.6 Å². The molecule has 0 spiro atoms. The largest absolute Gasteiger partial charge is 0.380 e. The molecule has 0 aliphatic rings. The van der Waals surface area contributed by atoms with Crippen LogP contribution < -0.4 is 5.73 Å². The van der Waals surface area contributed by atoms with Crippen LogP contribution in [-0.4, -0.2) is 5.16 Å². The number of halogens is 3. The number of hydrogen-bond acceptors (Lipinski definition) is 3. The number of hydrogen-bond donors (Lipinski definition) is 1. The summed E-state index contributed by atoms with van der Waals surface area (Å²) in [6, 6.07) is 10.7. The maximum atomic E-state index is 13.9. The summed E-state index contributed by atoms with van der Waals surface area (Å²) >= 11 is 3.32. The zero-order valence-electron chi connectivity index (χ0n) is 10.6. The molecule has 2 aromatic carbocycles. The average Bonchev–Trinajstić information content (AvgIpc) is 2.82. The van der Waals surface area contributed by atoms with Crippen molar-refractivity contribution in [2.45, 2.75) is 0 Å². The molecule has 0 atom stereocenters. The Hall–Kier alpha value is -2.21. The zero-order chi connectivity index (χ0) is 15.0. The Kier molecular flexibility index (Phi) is 3.47. The molecule has 0 saturated heterocycles. The normalized spacial score (nSPS) is 10.8. The van der Waals surface area contributed by atoms with Gasteiger partial charge in [-0.25, -0.2) is 8.78 Å². The first kappa shape index (κ1) is 13.8. The molecule has 3 aromatic rings. The highest BCUT2D eigenvalue weighted by molar-refractivity contribution is 9.10. The van der Waals surface area contributed by atoms with Crippen LogP contribution in [0.5, 0.6) is 0 Å². The summed E-state index contributed by atoms with van der Waals surface area (Å²) in [6.07, 6.45) is 0. The van der Waals surface area contributed by atoms with E-state index in [9.17, 15) is 8.78 Å². The minimum atomic E-state index is -0.732. The van der Waals surface area contributed by atoms with Gasteiger partial charge in [0.2, 0.25) is 0 Å². The number of benzene rings is 2.